The van der Waals surface area contributed by atoms with E-state index in [1.165, 1.54) is 71.4 Å². The lowest BCUT2D eigenvalue weighted by atomic mass is 10.1. The molecule has 1 aliphatic carbocycles. The highest BCUT2D eigenvalue weighted by Gasteiger charge is 2.36. The van der Waals surface area contributed by atoms with Crippen molar-refractivity contribution in [3.8, 4) is 0 Å². The van der Waals surface area contributed by atoms with Gasteiger partial charge in [0.25, 0.3) is 0 Å². The Labute approximate surface area is 99.2 Å². The average Bonchev–Trinajstić information content (AvgIpc) is 3.01. The second kappa shape index (κ2) is 5.03. The Hall–Kier alpha value is -0.120. The number of likely N-dealkylation sites (tertiary alicyclic amines) is 1. The second-order valence-corrected chi connectivity index (χ2v) is 5.59. The molecule has 1 saturated carbocycles. The molecule has 16 heavy (non-hydrogen) atoms. The maximum atomic E-state index is 3.47. The normalized spacial score (nSPS) is 38.2. The zero-order chi connectivity index (χ0) is 10.8. The lowest BCUT2D eigenvalue weighted by molar-refractivity contribution is 0.101. The third-order valence-electron chi connectivity index (χ3n) is 4.67. The minimum absolute atomic E-state index is 0.875. The predicted octanol–water partition coefficient (Wildman–Crippen LogP) is 0.909. The van der Waals surface area contributed by atoms with Gasteiger partial charge in [0.2, 0.25) is 0 Å². The first-order valence-electron chi connectivity index (χ1n) is 7.14. The summed E-state index contributed by atoms with van der Waals surface area (Å²) >= 11 is 0. The quantitative estimate of drug-likeness (QED) is 0.751. The molecule has 1 N–H and O–H groups in total. The van der Waals surface area contributed by atoms with Crippen molar-refractivity contribution in [3.63, 3.8) is 0 Å². The molecule has 3 nitrogen and oxygen atoms in total. The fraction of sp³-hybridized carbons (Fsp3) is 1.00. The van der Waals surface area contributed by atoms with E-state index in [2.05, 4.69) is 15.1 Å². The molecule has 92 valence electrons. The molecule has 3 rings (SSSR count). The van der Waals surface area contributed by atoms with Crippen LogP contribution in [0.3, 0.4) is 0 Å². The van der Waals surface area contributed by atoms with Crippen LogP contribution in [0.1, 0.15) is 32.1 Å². The molecule has 0 radical (unpaired) electrons. The molecule has 2 atom stereocenters. The molecule has 0 spiro atoms. The Bertz CT molecular complexity index is 219. The molecular formula is C13H25N3. The first-order chi connectivity index (χ1) is 7.95. The van der Waals surface area contributed by atoms with Gasteiger partial charge in [0.15, 0.2) is 0 Å². The lowest BCUT2D eigenvalue weighted by Gasteiger charge is -2.39. The largest absolute Gasteiger partial charge is 0.314 e. The highest BCUT2D eigenvalue weighted by Crippen LogP contribution is 2.30. The third kappa shape index (κ3) is 2.13. The minimum atomic E-state index is 0.875. The van der Waals surface area contributed by atoms with Crippen LogP contribution in [0.4, 0.5) is 0 Å². The highest BCUT2D eigenvalue weighted by molar-refractivity contribution is 4.94. The Morgan fingerprint density at radius 1 is 0.688 bits per heavy atom. The number of nitrogens with one attached hydrogen (secondary N) is 1. The predicted molar refractivity (Wildman–Crippen MR) is 66.7 cm³/mol. The molecule has 3 fully saturated rings. The first kappa shape index (κ1) is 11.0. The van der Waals surface area contributed by atoms with Gasteiger partial charge in [-0.2, -0.15) is 0 Å². The summed E-state index contributed by atoms with van der Waals surface area (Å²) in [6.45, 7) is 7.68. The minimum Gasteiger partial charge on any atom is -0.314 e. The summed E-state index contributed by atoms with van der Waals surface area (Å²) in [5, 5.41) is 3.47. The molecule has 0 aromatic heterocycles. The summed E-state index contributed by atoms with van der Waals surface area (Å²) in [6, 6.07) is 1.76. The van der Waals surface area contributed by atoms with Gasteiger partial charge >= 0.3 is 0 Å². The molecule has 2 unspecified atom stereocenters. The van der Waals surface area contributed by atoms with Crippen LogP contribution in [0, 0.1) is 0 Å². The fourth-order valence-electron chi connectivity index (χ4n) is 3.86. The van der Waals surface area contributed by atoms with E-state index in [4.69, 9.17) is 0 Å². The number of piperazine rings is 1. The van der Waals surface area contributed by atoms with E-state index in [-0.39, 0.29) is 0 Å². The Balaban J connectivity index is 1.63. The van der Waals surface area contributed by atoms with Crippen LogP contribution in [0.2, 0.25) is 0 Å². The molecule has 3 heteroatoms. The lowest BCUT2D eigenvalue weighted by Crippen LogP contribution is -2.54. The van der Waals surface area contributed by atoms with E-state index in [9.17, 15) is 0 Å². The van der Waals surface area contributed by atoms with Crippen molar-refractivity contribution in [2.24, 2.45) is 0 Å². The van der Waals surface area contributed by atoms with Crippen molar-refractivity contribution in [1.82, 2.24) is 15.1 Å². The van der Waals surface area contributed by atoms with E-state index in [0.717, 1.165) is 12.1 Å². The van der Waals surface area contributed by atoms with E-state index in [0.29, 0.717) is 0 Å². The van der Waals surface area contributed by atoms with Crippen molar-refractivity contribution in [3.05, 3.63) is 0 Å². The highest BCUT2D eigenvalue weighted by atomic mass is 15.3. The summed E-state index contributed by atoms with van der Waals surface area (Å²) in [7, 11) is 0. The number of nitrogens with zero attached hydrogens (tertiary/aromatic N) is 2. The molecular weight excluding hydrogens is 198 g/mol. The zero-order valence-electron chi connectivity index (χ0n) is 10.3. The summed E-state index contributed by atoms with van der Waals surface area (Å²) in [6.07, 6.45) is 7.22. The molecule has 2 saturated heterocycles. The van der Waals surface area contributed by atoms with Crippen molar-refractivity contribution in [2.45, 2.75) is 44.2 Å². The SMILES string of the molecule is C1CC(N2CCCC2)C(N2CCNCC2)C1. The van der Waals surface area contributed by atoms with E-state index >= 15 is 0 Å². The topological polar surface area (TPSA) is 18.5 Å². The second-order valence-electron chi connectivity index (χ2n) is 5.59. The molecule has 0 amide bonds. The Morgan fingerprint density at radius 3 is 1.88 bits per heavy atom. The van der Waals surface area contributed by atoms with Crippen molar-refractivity contribution in [2.75, 3.05) is 39.3 Å². The third-order valence-corrected chi connectivity index (χ3v) is 4.67. The summed E-state index contributed by atoms with van der Waals surface area (Å²) in [5.41, 5.74) is 0. The number of rotatable bonds is 2. The average molecular weight is 223 g/mol. The van der Waals surface area contributed by atoms with Gasteiger partial charge in [-0.25, -0.2) is 0 Å². The van der Waals surface area contributed by atoms with Crippen molar-refractivity contribution < 1.29 is 0 Å². The standard InChI is InChI=1S/C13H25N3/c1-2-9-15(8-1)12-4-3-5-13(12)16-10-6-14-7-11-16/h12-14H,1-11H2. The van der Waals surface area contributed by atoms with Crippen LogP contribution in [0.25, 0.3) is 0 Å². The fourth-order valence-corrected chi connectivity index (χ4v) is 3.86. The van der Waals surface area contributed by atoms with Crippen LogP contribution in [-0.4, -0.2) is 61.2 Å². The van der Waals surface area contributed by atoms with Crippen molar-refractivity contribution in [1.29, 1.82) is 0 Å². The van der Waals surface area contributed by atoms with Gasteiger partial charge in [0, 0.05) is 38.3 Å². The van der Waals surface area contributed by atoms with Crippen molar-refractivity contribution >= 4 is 0 Å². The molecule has 0 bridgehead atoms. The van der Waals surface area contributed by atoms with Crippen LogP contribution in [0.15, 0.2) is 0 Å². The monoisotopic (exact) mass is 223 g/mol. The number of hydrogen-bond acceptors (Lipinski definition) is 3. The number of hydrogen-bond donors (Lipinski definition) is 1. The van der Waals surface area contributed by atoms with Gasteiger partial charge in [-0.1, -0.05) is 6.42 Å². The molecule has 2 aliphatic heterocycles. The van der Waals surface area contributed by atoms with Crippen LogP contribution in [-0.2, 0) is 0 Å². The Kier molecular flexibility index (Phi) is 3.46. The van der Waals surface area contributed by atoms with Gasteiger partial charge < -0.3 is 5.32 Å². The van der Waals surface area contributed by atoms with Gasteiger partial charge in [-0.05, 0) is 38.8 Å². The van der Waals surface area contributed by atoms with Crippen LogP contribution < -0.4 is 5.32 Å². The maximum Gasteiger partial charge on any atom is 0.0252 e. The Morgan fingerprint density at radius 2 is 1.25 bits per heavy atom. The van der Waals surface area contributed by atoms with E-state index in [1.807, 2.05) is 0 Å². The van der Waals surface area contributed by atoms with E-state index in [1.54, 1.807) is 0 Å². The van der Waals surface area contributed by atoms with Gasteiger partial charge in [-0.3, -0.25) is 9.80 Å². The molecule has 0 aromatic carbocycles. The van der Waals surface area contributed by atoms with Gasteiger partial charge in [-0.15, -0.1) is 0 Å². The van der Waals surface area contributed by atoms with Gasteiger partial charge in [0.05, 0.1) is 0 Å². The van der Waals surface area contributed by atoms with E-state index < -0.39 is 0 Å². The molecule has 3 aliphatic rings. The molecule has 2 heterocycles. The van der Waals surface area contributed by atoms with Crippen LogP contribution in [0.5, 0.6) is 0 Å². The molecule has 0 aromatic rings. The smallest absolute Gasteiger partial charge is 0.0252 e. The summed E-state index contributed by atoms with van der Waals surface area (Å²) in [5.74, 6) is 0. The maximum absolute atomic E-state index is 3.47. The van der Waals surface area contributed by atoms with Gasteiger partial charge in [0.1, 0.15) is 0 Å². The van der Waals surface area contributed by atoms with Crippen LogP contribution >= 0.6 is 0 Å². The first-order valence-corrected chi connectivity index (χ1v) is 7.14. The summed E-state index contributed by atoms with van der Waals surface area (Å²) in [4.78, 5) is 5.53. The zero-order valence-corrected chi connectivity index (χ0v) is 10.3. The summed E-state index contributed by atoms with van der Waals surface area (Å²) < 4.78 is 0.